The van der Waals surface area contributed by atoms with Gasteiger partial charge in [-0.05, 0) is 23.6 Å². The Balaban J connectivity index is 1.18. The van der Waals surface area contributed by atoms with Gasteiger partial charge in [0.25, 0.3) is 17.8 Å². The Hall–Kier alpha value is -5.22. The molecule has 2 atom stereocenters. The van der Waals surface area contributed by atoms with Gasteiger partial charge >= 0.3 is 6.09 Å². The van der Waals surface area contributed by atoms with Gasteiger partial charge in [-0.2, -0.15) is 4.98 Å². The minimum Gasteiger partial charge on any atom is -0.543 e. The molecule has 0 bridgehead atoms. The van der Waals surface area contributed by atoms with E-state index in [1.54, 1.807) is 41.7 Å². The Morgan fingerprint density at radius 3 is 2.79 bits per heavy atom. The number of nitrogen functional groups attached to an aromatic ring is 1. The lowest BCUT2D eigenvalue weighted by Gasteiger charge is -2.50. The molecule has 3 aromatic heterocycles. The van der Waals surface area contributed by atoms with Crippen molar-refractivity contribution in [2.45, 2.75) is 18.0 Å². The van der Waals surface area contributed by atoms with Crippen LogP contribution in [-0.4, -0.2) is 56.6 Å². The van der Waals surface area contributed by atoms with E-state index in [1.165, 1.54) is 11.8 Å². The molecule has 5 heterocycles. The van der Waals surface area contributed by atoms with E-state index in [0.717, 1.165) is 21.2 Å². The van der Waals surface area contributed by atoms with Gasteiger partial charge in [0.15, 0.2) is 24.7 Å². The Kier molecular flexibility index (Phi) is 7.52. The molecule has 1 saturated heterocycles. The van der Waals surface area contributed by atoms with Gasteiger partial charge in [-0.25, -0.2) is 9.36 Å². The Morgan fingerprint density at radius 1 is 1.23 bits per heavy atom. The summed E-state index contributed by atoms with van der Waals surface area (Å²) in [5, 5.41) is 23.1. The number of aliphatic carboxylic acids is 1. The van der Waals surface area contributed by atoms with Crippen LogP contribution in [0.4, 0.5) is 16.5 Å². The number of thioether (sulfide) groups is 1. The fourth-order valence-corrected chi connectivity index (χ4v) is 6.72. The normalized spacial score (nSPS) is 18.2. The number of carboxylic acid groups (broad SMARTS) is 1. The van der Waals surface area contributed by atoms with Crippen LogP contribution in [0.25, 0.3) is 10.1 Å². The highest BCUT2D eigenvalue weighted by atomic mass is 32.2. The molecule has 3 amide bonds. The van der Waals surface area contributed by atoms with E-state index in [0.29, 0.717) is 11.3 Å². The molecule has 2 aliphatic heterocycles. The molecular formula is C27H21N7O7S2. The van der Waals surface area contributed by atoms with Crippen molar-refractivity contribution in [1.82, 2.24) is 15.2 Å². The van der Waals surface area contributed by atoms with Crippen LogP contribution in [0, 0.1) is 0 Å². The van der Waals surface area contributed by atoms with Gasteiger partial charge in [-0.15, -0.1) is 23.1 Å². The number of β-lactam (4-membered cyclic amide) rings is 1. The summed E-state index contributed by atoms with van der Waals surface area (Å²) in [5.41, 5.74) is 5.59. The number of rotatable bonds is 8. The molecule has 4 N–H and O–H groups in total. The first kappa shape index (κ1) is 27.9. The highest BCUT2D eigenvalue weighted by Gasteiger charge is 2.53. The third kappa shape index (κ3) is 5.64. The molecule has 2 aliphatic rings. The summed E-state index contributed by atoms with van der Waals surface area (Å²) in [5.74, 6) is -2.79. The van der Waals surface area contributed by atoms with E-state index in [9.17, 15) is 24.3 Å². The van der Waals surface area contributed by atoms with Gasteiger partial charge in [0.05, 0.1) is 17.1 Å². The van der Waals surface area contributed by atoms with E-state index in [4.69, 9.17) is 15.0 Å². The van der Waals surface area contributed by atoms with Gasteiger partial charge in [0.2, 0.25) is 0 Å². The van der Waals surface area contributed by atoms with Gasteiger partial charge in [-0.1, -0.05) is 23.4 Å². The number of nitrogens with two attached hydrogens (primary N) is 1. The average molecular weight is 620 g/mol. The molecule has 0 saturated carbocycles. The number of hydrogen-bond acceptors (Lipinski definition) is 12. The predicted molar refractivity (Wildman–Crippen MR) is 153 cm³/mol. The molecule has 218 valence electrons. The highest BCUT2D eigenvalue weighted by molar-refractivity contribution is 8.00. The summed E-state index contributed by atoms with van der Waals surface area (Å²) in [6.07, 6.45) is 3.79. The van der Waals surface area contributed by atoms with Gasteiger partial charge in [0, 0.05) is 27.8 Å². The smallest absolute Gasteiger partial charge is 0.437 e. The number of benzene rings is 1. The quantitative estimate of drug-likeness (QED) is 0.0835. The van der Waals surface area contributed by atoms with E-state index < -0.39 is 41.0 Å². The third-order valence-electron chi connectivity index (χ3n) is 6.57. The van der Waals surface area contributed by atoms with Gasteiger partial charge in [-0.3, -0.25) is 24.6 Å². The maximum Gasteiger partial charge on any atom is 0.437 e. The minimum atomic E-state index is -1.49. The third-order valence-corrected chi connectivity index (χ3v) is 8.81. The van der Waals surface area contributed by atoms with Crippen LogP contribution in [0.2, 0.25) is 0 Å². The number of oxime groups is 1. The number of carboxylic acids is 1. The number of amides is 3. The molecule has 0 spiro atoms. The number of oxazole rings is 1. The summed E-state index contributed by atoms with van der Waals surface area (Å²) in [4.78, 5) is 60.7. The number of nitrogens with one attached hydrogen (secondary N) is 2. The van der Waals surface area contributed by atoms with Crippen molar-refractivity contribution in [3.63, 3.8) is 0 Å². The molecular weight excluding hydrogens is 598 g/mol. The second-order valence-corrected chi connectivity index (χ2v) is 11.4. The number of thiophene rings is 1. The molecule has 1 unspecified atom stereocenters. The highest BCUT2D eigenvalue weighted by Crippen LogP contribution is 2.40. The second-order valence-electron chi connectivity index (χ2n) is 9.34. The lowest BCUT2D eigenvalue weighted by Crippen LogP contribution is -2.71. The van der Waals surface area contributed by atoms with Crippen molar-refractivity contribution in [3.8, 4) is 0 Å². The van der Waals surface area contributed by atoms with Crippen LogP contribution in [0.15, 0.2) is 87.3 Å². The number of nitrogens with zero attached hydrogens (tertiary/aromatic N) is 4. The fourth-order valence-electron chi connectivity index (χ4n) is 4.63. The Morgan fingerprint density at radius 2 is 2.05 bits per heavy atom. The number of anilines is 2. The largest absolute Gasteiger partial charge is 0.543 e. The van der Waals surface area contributed by atoms with Crippen molar-refractivity contribution in [2.75, 3.05) is 16.8 Å². The minimum absolute atomic E-state index is 0.153. The molecule has 43 heavy (non-hydrogen) atoms. The lowest BCUT2D eigenvalue weighted by atomic mass is 10.0. The zero-order valence-corrected chi connectivity index (χ0v) is 23.6. The number of para-hydroxylation sites is 1. The SMILES string of the molecule is Nc1nc(C(=NOC(=O)Nc2ccccc2)C(=O)NC2C(=O)N3C(C(=O)[O-])=C(C[n+]4ccc5sccc5c4)CS[C@H]23)co1. The summed E-state index contributed by atoms with van der Waals surface area (Å²) >= 11 is 2.89. The molecule has 6 rings (SSSR count). The van der Waals surface area contributed by atoms with Crippen molar-refractivity contribution >= 4 is 74.5 Å². The molecule has 1 aromatic carbocycles. The standard InChI is InChI=1S/C27H21N7O7S2/c28-26-30-17(12-40-26)19(32-41-27(39)29-16-4-2-1-3-5-16)22(35)31-20-23(36)34-21(25(37)38)15(13-43-24(20)34)11-33-8-6-18-14(10-33)7-9-42-18/h1-10,12,20,24H,11,13H2,(H4-,28,29,30,31,35,37,38,39)/t20?,24-/m1/s1. The maximum absolute atomic E-state index is 13.3. The number of hydrogen-bond donors (Lipinski definition) is 3. The van der Waals surface area contributed by atoms with Crippen LogP contribution in [-0.2, 0) is 25.8 Å². The number of carbonyl (C=O) groups excluding carboxylic acids is 4. The van der Waals surface area contributed by atoms with Crippen molar-refractivity contribution in [2.24, 2.45) is 5.16 Å². The lowest BCUT2D eigenvalue weighted by molar-refractivity contribution is -0.687. The first-order chi connectivity index (χ1) is 20.8. The van der Waals surface area contributed by atoms with E-state index >= 15 is 0 Å². The van der Waals surface area contributed by atoms with Crippen molar-refractivity contribution in [3.05, 3.63) is 83.5 Å². The summed E-state index contributed by atoms with van der Waals surface area (Å²) in [6, 6.07) is 10.9. The molecule has 14 nitrogen and oxygen atoms in total. The molecule has 1 fully saturated rings. The van der Waals surface area contributed by atoms with Crippen LogP contribution in [0.1, 0.15) is 5.69 Å². The average Bonchev–Trinajstić information content (AvgIpc) is 3.64. The molecule has 0 aliphatic carbocycles. The van der Waals surface area contributed by atoms with Crippen LogP contribution in [0.3, 0.4) is 0 Å². The second kappa shape index (κ2) is 11.6. The summed E-state index contributed by atoms with van der Waals surface area (Å²) in [6.45, 7) is 0.238. The number of pyridine rings is 1. The summed E-state index contributed by atoms with van der Waals surface area (Å²) in [7, 11) is 0. The van der Waals surface area contributed by atoms with E-state index in [-0.39, 0.29) is 29.7 Å². The molecule has 4 aromatic rings. The number of carbonyl (C=O) groups is 4. The Labute approximate surface area is 250 Å². The van der Waals surface area contributed by atoms with Crippen LogP contribution >= 0.6 is 23.1 Å². The first-order valence-electron chi connectivity index (χ1n) is 12.7. The van der Waals surface area contributed by atoms with E-state index in [2.05, 4.69) is 20.8 Å². The predicted octanol–water partition coefficient (Wildman–Crippen LogP) is 0.816. The fraction of sp³-hybridized carbons (Fsp3) is 0.148. The molecule has 16 heteroatoms. The number of aromatic nitrogens is 2. The first-order valence-corrected chi connectivity index (χ1v) is 14.6. The zero-order chi connectivity index (χ0) is 30.1. The van der Waals surface area contributed by atoms with Crippen molar-refractivity contribution < 1.29 is 38.1 Å². The van der Waals surface area contributed by atoms with Gasteiger partial charge in [0.1, 0.15) is 23.4 Å². The maximum atomic E-state index is 13.3. The monoisotopic (exact) mass is 619 g/mol. The number of fused-ring (bicyclic) bond motifs is 2. The topological polar surface area (TPSA) is 196 Å². The van der Waals surface area contributed by atoms with E-state index in [1.807, 2.05) is 34.5 Å². The van der Waals surface area contributed by atoms with Crippen molar-refractivity contribution in [1.29, 1.82) is 0 Å². The molecule has 0 radical (unpaired) electrons. The van der Waals surface area contributed by atoms with Gasteiger partial charge < -0.3 is 25.4 Å². The zero-order valence-electron chi connectivity index (χ0n) is 22.0. The Bertz CT molecular complexity index is 1820. The summed E-state index contributed by atoms with van der Waals surface area (Å²) < 4.78 is 7.90. The van der Waals surface area contributed by atoms with Crippen LogP contribution in [0.5, 0.6) is 0 Å². The van der Waals surface area contributed by atoms with Crippen LogP contribution < -0.4 is 26.0 Å².